The van der Waals surface area contributed by atoms with Gasteiger partial charge in [0.2, 0.25) is 0 Å². The summed E-state index contributed by atoms with van der Waals surface area (Å²) in [5.41, 5.74) is 2.36. The Morgan fingerprint density at radius 3 is 2.39 bits per heavy atom. The molecule has 2 aromatic carbocycles. The van der Waals surface area contributed by atoms with Crippen molar-refractivity contribution in [1.82, 2.24) is 30.0 Å². The number of nitrogens with zero attached hydrogens (tertiary/aromatic N) is 6. The van der Waals surface area contributed by atoms with E-state index >= 15 is 0 Å². The van der Waals surface area contributed by atoms with E-state index in [1.807, 2.05) is 22.9 Å². The zero-order chi connectivity index (χ0) is 21.6. The number of hydrogen-bond acceptors (Lipinski definition) is 7. The quantitative estimate of drug-likeness (QED) is 0.552. The Balaban J connectivity index is 1.57. The van der Waals surface area contributed by atoms with E-state index in [9.17, 15) is 0 Å². The molecule has 1 aliphatic heterocycles. The molecule has 0 N–H and O–H groups in total. The van der Waals surface area contributed by atoms with Crippen LogP contribution in [0.1, 0.15) is 23.0 Å². The van der Waals surface area contributed by atoms with Gasteiger partial charge in [-0.1, -0.05) is 36.4 Å². The van der Waals surface area contributed by atoms with Crippen LogP contribution < -0.4 is 9.47 Å². The number of ether oxygens (including phenoxy) is 2. The summed E-state index contributed by atoms with van der Waals surface area (Å²) in [6.45, 7) is 4.74. The first-order chi connectivity index (χ1) is 15.2. The predicted molar refractivity (Wildman–Crippen MR) is 118 cm³/mol. The molecule has 1 atom stereocenters. The van der Waals surface area contributed by atoms with Crippen LogP contribution in [0.2, 0.25) is 0 Å². The Bertz CT molecular complexity index is 969. The second kappa shape index (κ2) is 9.89. The van der Waals surface area contributed by atoms with Crippen LogP contribution in [0.15, 0.2) is 48.5 Å². The van der Waals surface area contributed by atoms with E-state index in [1.165, 1.54) is 5.56 Å². The normalized spacial score (nSPS) is 16.2. The van der Waals surface area contributed by atoms with Gasteiger partial charge in [0.1, 0.15) is 0 Å². The Morgan fingerprint density at radius 1 is 0.935 bits per heavy atom. The number of aryl methyl sites for hydroxylation is 2. The second-order valence-corrected chi connectivity index (χ2v) is 7.85. The Hall–Kier alpha value is -2.97. The molecule has 8 nitrogen and oxygen atoms in total. The molecule has 1 saturated heterocycles. The van der Waals surface area contributed by atoms with Crippen LogP contribution in [-0.4, -0.2) is 77.5 Å². The van der Waals surface area contributed by atoms with Crippen molar-refractivity contribution in [1.29, 1.82) is 0 Å². The van der Waals surface area contributed by atoms with Crippen LogP contribution in [0.3, 0.4) is 0 Å². The highest BCUT2D eigenvalue weighted by molar-refractivity contribution is 5.42. The molecular weight excluding hydrogens is 392 g/mol. The SMILES string of the molecule is COc1ccc(CCn2nnnc2[C@@H](c2ccccc2)N2CCN(C)CC2)cc1OC. The van der Waals surface area contributed by atoms with Crippen LogP contribution in [0.4, 0.5) is 0 Å². The molecule has 164 valence electrons. The Labute approximate surface area is 183 Å². The molecule has 0 spiro atoms. The van der Waals surface area contributed by atoms with Crippen LogP contribution >= 0.6 is 0 Å². The van der Waals surface area contributed by atoms with Crippen molar-refractivity contribution in [3.63, 3.8) is 0 Å². The Kier molecular flexibility index (Phi) is 6.79. The first kappa shape index (κ1) is 21.3. The Morgan fingerprint density at radius 2 is 1.68 bits per heavy atom. The smallest absolute Gasteiger partial charge is 0.173 e. The van der Waals surface area contributed by atoms with E-state index in [-0.39, 0.29) is 6.04 Å². The molecule has 0 amide bonds. The molecule has 3 aromatic rings. The van der Waals surface area contributed by atoms with Crippen LogP contribution in [0.25, 0.3) is 0 Å². The van der Waals surface area contributed by atoms with Gasteiger partial charge in [-0.15, -0.1) is 5.10 Å². The number of tetrazole rings is 1. The lowest BCUT2D eigenvalue weighted by molar-refractivity contribution is 0.121. The number of likely N-dealkylation sites (N-methyl/N-ethyl adjacent to an activating group) is 1. The maximum Gasteiger partial charge on any atom is 0.173 e. The molecule has 4 rings (SSSR count). The molecule has 0 unspecified atom stereocenters. The minimum Gasteiger partial charge on any atom is -0.493 e. The van der Waals surface area contributed by atoms with Gasteiger partial charge in [0, 0.05) is 32.7 Å². The molecule has 0 bridgehead atoms. The van der Waals surface area contributed by atoms with Gasteiger partial charge in [0.05, 0.1) is 20.3 Å². The average Bonchev–Trinajstić information content (AvgIpc) is 3.27. The zero-order valence-electron chi connectivity index (χ0n) is 18.4. The summed E-state index contributed by atoms with van der Waals surface area (Å²) in [6.07, 6.45) is 0.794. The van der Waals surface area contributed by atoms with Gasteiger partial charge in [-0.3, -0.25) is 4.90 Å². The number of methoxy groups -OCH3 is 2. The molecule has 1 aliphatic rings. The van der Waals surface area contributed by atoms with Gasteiger partial charge >= 0.3 is 0 Å². The van der Waals surface area contributed by atoms with Crippen molar-refractivity contribution in [2.45, 2.75) is 19.0 Å². The summed E-state index contributed by atoms with van der Waals surface area (Å²) < 4.78 is 12.7. The summed E-state index contributed by atoms with van der Waals surface area (Å²) in [6, 6.07) is 16.6. The van der Waals surface area contributed by atoms with Crippen LogP contribution in [0.5, 0.6) is 11.5 Å². The number of rotatable bonds is 8. The van der Waals surface area contributed by atoms with Crippen molar-refractivity contribution in [2.24, 2.45) is 0 Å². The number of piperazine rings is 1. The van der Waals surface area contributed by atoms with E-state index in [4.69, 9.17) is 9.47 Å². The third kappa shape index (κ3) is 4.86. The first-order valence-corrected chi connectivity index (χ1v) is 10.6. The fourth-order valence-corrected chi connectivity index (χ4v) is 4.08. The highest BCUT2D eigenvalue weighted by Gasteiger charge is 2.29. The number of aromatic nitrogens is 4. The van der Waals surface area contributed by atoms with E-state index in [1.54, 1.807) is 14.2 Å². The molecule has 0 aliphatic carbocycles. The van der Waals surface area contributed by atoms with E-state index in [0.717, 1.165) is 55.5 Å². The number of benzene rings is 2. The van der Waals surface area contributed by atoms with E-state index < -0.39 is 0 Å². The van der Waals surface area contributed by atoms with Gasteiger partial charge in [-0.2, -0.15) is 0 Å². The fourth-order valence-electron chi connectivity index (χ4n) is 4.08. The highest BCUT2D eigenvalue weighted by Crippen LogP contribution is 2.29. The second-order valence-electron chi connectivity index (χ2n) is 7.85. The maximum atomic E-state index is 5.44. The highest BCUT2D eigenvalue weighted by atomic mass is 16.5. The third-order valence-electron chi connectivity index (χ3n) is 5.88. The van der Waals surface area contributed by atoms with Gasteiger partial charge in [-0.05, 0) is 47.2 Å². The van der Waals surface area contributed by atoms with E-state index in [2.05, 4.69) is 62.7 Å². The molecule has 2 heterocycles. The molecule has 0 saturated carbocycles. The standard InChI is InChI=1S/C23H30N6O2/c1-27-13-15-28(16-14-27)22(19-7-5-4-6-8-19)23-24-25-26-29(23)12-11-18-9-10-20(30-2)21(17-18)31-3/h4-10,17,22H,11-16H2,1-3H3/t22-/m1/s1. The maximum absolute atomic E-state index is 5.44. The van der Waals surface area contributed by atoms with E-state index in [0.29, 0.717) is 6.54 Å². The number of hydrogen-bond donors (Lipinski definition) is 0. The van der Waals surface area contributed by atoms with Gasteiger partial charge < -0.3 is 14.4 Å². The van der Waals surface area contributed by atoms with Gasteiger partial charge in [0.25, 0.3) is 0 Å². The molecule has 8 heteroatoms. The van der Waals surface area contributed by atoms with Crippen LogP contribution in [0, 0.1) is 0 Å². The average molecular weight is 423 g/mol. The fraction of sp³-hybridized carbons (Fsp3) is 0.435. The van der Waals surface area contributed by atoms with Crippen molar-refractivity contribution in [3.8, 4) is 11.5 Å². The molecule has 31 heavy (non-hydrogen) atoms. The van der Waals surface area contributed by atoms with Crippen molar-refractivity contribution in [2.75, 3.05) is 47.4 Å². The molecule has 1 fully saturated rings. The monoisotopic (exact) mass is 422 g/mol. The minimum absolute atomic E-state index is 0.0373. The van der Waals surface area contributed by atoms with Gasteiger partial charge in [-0.25, -0.2) is 4.68 Å². The van der Waals surface area contributed by atoms with Gasteiger partial charge in [0.15, 0.2) is 17.3 Å². The lowest BCUT2D eigenvalue weighted by Crippen LogP contribution is -2.46. The largest absolute Gasteiger partial charge is 0.493 e. The summed E-state index contributed by atoms with van der Waals surface area (Å²) in [4.78, 5) is 4.84. The summed E-state index contributed by atoms with van der Waals surface area (Å²) >= 11 is 0. The zero-order valence-corrected chi connectivity index (χ0v) is 18.4. The van der Waals surface area contributed by atoms with Crippen molar-refractivity contribution >= 4 is 0 Å². The summed E-state index contributed by atoms with van der Waals surface area (Å²) in [5, 5.41) is 12.8. The lowest BCUT2D eigenvalue weighted by atomic mass is 10.0. The van der Waals surface area contributed by atoms with Crippen molar-refractivity contribution in [3.05, 3.63) is 65.5 Å². The first-order valence-electron chi connectivity index (χ1n) is 10.6. The molecule has 0 radical (unpaired) electrons. The summed E-state index contributed by atoms with van der Waals surface area (Å²) in [5.74, 6) is 2.35. The minimum atomic E-state index is 0.0373. The molecular formula is C23H30N6O2. The predicted octanol–water partition coefficient (Wildman–Crippen LogP) is 2.27. The van der Waals surface area contributed by atoms with Crippen molar-refractivity contribution < 1.29 is 9.47 Å². The molecule has 1 aromatic heterocycles. The topological polar surface area (TPSA) is 68.5 Å². The third-order valence-corrected chi connectivity index (χ3v) is 5.88. The lowest BCUT2D eigenvalue weighted by Gasteiger charge is -2.37. The summed E-state index contributed by atoms with van der Waals surface area (Å²) in [7, 11) is 5.47. The van der Waals surface area contributed by atoms with Crippen LogP contribution in [-0.2, 0) is 13.0 Å².